The Hall–Kier alpha value is -1.93. The van der Waals surface area contributed by atoms with Crippen LogP contribution in [0.25, 0.3) is 10.2 Å². The van der Waals surface area contributed by atoms with E-state index in [0.29, 0.717) is 45.5 Å². The summed E-state index contributed by atoms with van der Waals surface area (Å²) in [6.45, 7) is 10.8. The average Bonchev–Trinajstić information content (AvgIpc) is 3.05. The van der Waals surface area contributed by atoms with E-state index < -0.39 is 0 Å². The number of thiophene rings is 1. The molecule has 5 nitrogen and oxygen atoms in total. The molecule has 0 bridgehead atoms. The van der Waals surface area contributed by atoms with E-state index in [2.05, 4.69) is 6.58 Å². The van der Waals surface area contributed by atoms with Gasteiger partial charge in [0.2, 0.25) is 0 Å². The van der Waals surface area contributed by atoms with E-state index in [-0.39, 0.29) is 22.7 Å². The lowest BCUT2D eigenvalue weighted by molar-refractivity contribution is -0.0379. The predicted octanol–water partition coefficient (Wildman–Crippen LogP) is 5.51. The molecule has 162 valence electrons. The number of thioether (sulfide) groups is 1. The van der Waals surface area contributed by atoms with Crippen LogP contribution in [0, 0.1) is 0 Å². The van der Waals surface area contributed by atoms with Crippen LogP contribution >= 0.6 is 34.7 Å². The molecule has 2 aromatic heterocycles. The summed E-state index contributed by atoms with van der Waals surface area (Å²) >= 11 is 8.69. The molecular formula is C23H23ClN2O3S2. The van der Waals surface area contributed by atoms with Crippen LogP contribution in [0.4, 0.5) is 0 Å². The van der Waals surface area contributed by atoms with Crippen LogP contribution in [0.2, 0.25) is 5.02 Å². The van der Waals surface area contributed by atoms with Crippen molar-refractivity contribution in [1.82, 2.24) is 9.55 Å². The van der Waals surface area contributed by atoms with E-state index in [1.807, 2.05) is 20.8 Å². The number of fused-ring (bicyclic) bond motifs is 3. The molecule has 3 aromatic rings. The van der Waals surface area contributed by atoms with E-state index in [1.54, 1.807) is 28.8 Å². The third-order valence-corrected chi connectivity index (χ3v) is 7.41. The zero-order chi connectivity index (χ0) is 22.3. The smallest absolute Gasteiger partial charge is 0.263 e. The fourth-order valence-corrected chi connectivity index (χ4v) is 5.74. The lowest BCUT2D eigenvalue weighted by Gasteiger charge is -2.29. The van der Waals surface area contributed by atoms with Crippen molar-refractivity contribution in [1.29, 1.82) is 0 Å². The van der Waals surface area contributed by atoms with Gasteiger partial charge in [0.15, 0.2) is 10.9 Å². The lowest BCUT2D eigenvalue weighted by Crippen LogP contribution is -2.32. The number of allylic oxidation sites excluding steroid dienone is 1. The molecule has 0 unspecified atom stereocenters. The summed E-state index contributed by atoms with van der Waals surface area (Å²) in [5.74, 6) is 0.135. The quantitative estimate of drug-likeness (QED) is 0.204. The molecule has 1 aromatic carbocycles. The summed E-state index contributed by atoms with van der Waals surface area (Å²) in [5.41, 5.74) is 2.08. The van der Waals surface area contributed by atoms with Crippen LogP contribution in [0.15, 0.2) is 46.4 Å². The minimum Gasteiger partial charge on any atom is -0.370 e. The summed E-state index contributed by atoms with van der Waals surface area (Å²) in [6, 6.07) is 6.80. The summed E-state index contributed by atoms with van der Waals surface area (Å²) < 4.78 is 7.56. The Balaban J connectivity index is 1.72. The number of ketones is 1. The zero-order valence-electron chi connectivity index (χ0n) is 17.7. The number of Topliss-reactive ketones (excluding diaryl/α,β-unsaturated/α-hetero) is 1. The fourth-order valence-electron chi connectivity index (χ4n) is 3.58. The highest BCUT2D eigenvalue weighted by Crippen LogP contribution is 2.37. The van der Waals surface area contributed by atoms with Crippen LogP contribution in [0.1, 0.15) is 41.6 Å². The van der Waals surface area contributed by atoms with Crippen LogP contribution < -0.4 is 5.56 Å². The maximum atomic E-state index is 13.5. The second-order valence-electron chi connectivity index (χ2n) is 8.37. The van der Waals surface area contributed by atoms with Gasteiger partial charge < -0.3 is 4.74 Å². The number of carbonyl (C=O) groups is 1. The molecule has 3 heterocycles. The first kappa shape index (κ1) is 22.3. The Morgan fingerprint density at radius 3 is 2.74 bits per heavy atom. The van der Waals surface area contributed by atoms with Gasteiger partial charge in [-0.2, -0.15) is 0 Å². The number of rotatable bonds is 6. The van der Waals surface area contributed by atoms with Gasteiger partial charge in [-0.25, -0.2) is 4.98 Å². The first-order chi connectivity index (χ1) is 14.6. The van der Waals surface area contributed by atoms with Crippen LogP contribution in [0.5, 0.6) is 0 Å². The molecule has 0 atom stereocenters. The highest BCUT2D eigenvalue weighted by atomic mass is 35.5. The highest BCUT2D eigenvalue weighted by Gasteiger charge is 2.31. The van der Waals surface area contributed by atoms with Gasteiger partial charge >= 0.3 is 0 Å². The third kappa shape index (κ3) is 4.65. The van der Waals surface area contributed by atoms with E-state index in [4.69, 9.17) is 21.3 Å². The van der Waals surface area contributed by atoms with Gasteiger partial charge in [-0.1, -0.05) is 35.5 Å². The number of halogens is 1. The minimum atomic E-state index is -0.314. The van der Waals surface area contributed by atoms with Gasteiger partial charge in [-0.3, -0.25) is 14.2 Å². The number of nitrogens with zero attached hydrogens (tertiary/aromatic N) is 2. The Morgan fingerprint density at radius 1 is 1.35 bits per heavy atom. The van der Waals surface area contributed by atoms with Crippen molar-refractivity contribution in [3.8, 4) is 0 Å². The maximum absolute atomic E-state index is 13.5. The second kappa shape index (κ2) is 8.54. The Kier molecular flexibility index (Phi) is 6.14. The van der Waals surface area contributed by atoms with Gasteiger partial charge in [-0.05, 0) is 50.6 Å². The summed E-state index contributed by atoms with van der Waals surface area (Å²) in [4.78, 5) is 32.7. The Bertz CT molecular complexity index is 1240. The van der Waals surface area contributed by atoms with Crippen molar-refractivity contribution in [3.05, 3.63) is 67.8 Å². The monoisotopic (exact) mass is 474 g/mol. The molecule has 0 spiro atoms. The van der Waals surface area contributed by atoms with Gasteiger partial charge in [0.05, 0.1) is 23.3 Å². The summed E-state index contributed by atoms with van der Waals surface area (Å²) in [6.07, 6.45) is 0.674. The predicted molar refractivity (Wildman–Crippen MR) is 128 cm³/mol. The number of hydrogen-bond donors (Lipinski definition) is 0. The lowest BCUT2D eigenvalue weighted by atomic mass is 9.94. The largest absolute Gasteiger partial charge is 0.370 e. The Morgan fingerprint density at radius 2 is 2.06 bits per heavy atom. The van der Waals surface area contributed by atoms with Crippen molar-refractivity contribution in [2.45, 2.75) is 51.1 Å². The number of aromatic nitrogens is 2. The van der Waals surface area contributed by atoms with Crippen molar-refractivity contribution in [3.63, 3.8) is 0 Å². The molecular weight excluding hydrogens is 452 g/mol. The molecule has 0 aliphatic carbocycles. The normalized spacial score (nSPS) is 15.1. The van der Waals surface area contributed by atoms with Gasteiger partial charge in [0, 0.05) is 28.4 Å². The molecule has 31 heavy (non-hydrogen) atoms. The topological polar surface area (TPSA) is 61.2 Å². The molecule has 0 saturated carbocycles. The maximum Gasteiger partial charge on any atom is 0.263 e. The summed E-state index contributed by atoms with van der Waals surface area (Å²) in [5, 5.41) is 1.79. The SMILES string of the molecule is C=C(C)Cn1c(SCC(=O)c2ccc(Cl)cc2)nc2sc3c(c2c1=O)CC(C)(C)OC3. The first-order valence-electron chi connectivity index (χ1n) is 9.89. The molecule has 0 radical (unpaired) electrons. The highest BCUT2D eigenvalue weighted by molar-refractivity contribution is 7.99. The van der Waals surface area contributed by atoms with Crippen LogP contribution in [-0.4, -0.2) is 26.7 Å². The number of carbonyl (C=O) groups excluding carboxylic acids is 1. The molecule has 0 fully saturated rings. The zero-order valence-corrected chi connectivity index (χ0v) is 20.0. The number of benzene rings is 1. The first-order valence-corrected chi connectivity index (χ1v) is 12.1. The van der Waals surface area contributed by atoms with Gasteiger partial charge in [0.1, 0.15) is 4.83 Å². The van der Waals surface area contributed by atoms with Crippen LogP contribution in [0.3, 0.4) is 0 Å². The molecule has 8 heteroatoms. The molecule has 1 aliphatic rings. The van der Waals surface area contributed by atoms with Crippen LogP contribution in [-0.2, 0) is 24.3 Å². The summed E-state index contributed by atoms with van der Waals surface area (Å²) in [7, 11) is 0. The molecule has 1 aliphatic heterocycles. The van der Waals surface area contributed by atoms with Crippen molar-refractivity contribution >= 4 is 50.7 Å². The average molecular weight is 475 g/mol. The Labute approximate surface area is 194 Å². The van der Waals surface area contributed by atoms with Gasteiger partial charge in [0.25, 0.3) is 5.56 Å². The second-order valence-corrected chi connectivity index (χ2v) is 10.8. The van der Waals surface area contributed by atoms with Crippen molar-refractivity contribution in [2.24, 2.45) is 0 Å². The van der Waals surface area contributed by atoms with Crippen molar-refractivity contribution in [2.75, 3.05) is 5.75 Å². The number of hydrogen-bond acceptors (Lipinski definition) is 6. The molecule has 4 rings (SSSR count). The molecule has 0 amide bonds. The third-order valence-electron chi connectivity index (χ3n) is 5.08. The fraction of sp³-hybridized carbons (Fsp3) is 0.348. The van der Waals surface area contributed by atoms with Crippen molar-refractivity contribution < 1.29 is 9.53 Å². The van der Waals surface area contributed by atoms with E-state index in [9.17, 15) is 9.59 Å². The standard InChI is InChI=1S/C23H23ClN2O3S2/c1-13(2)10-26-21(28)19-16-9-23(3,4)29-11-18(16)31-20(19)25-22(26)30-12-17(27)14-5-7-15(24)8-6-14/h5-8H,1,9-12H2,2-4H3. The number of ether oxygens (including phenoxy) is 1. The van der Waals surface area contributed by atoms with E-state index in [1.165, 1.54) is 23.1 Å². The van der Waals surface area contributed by atoms with E-state index >= 15 is 0 Å². The molecule has 0 saturated heterocycles. The minimum absolute atomic E-state index is 0.0430. The van der Waals surface area contributed by atoms with Gasteiger partial charge in [-0.15, -0.1) is 11.3 Å². The molecule has 0 N–H and O–H groups in total. The van der Waals surface area contributed by atoms with E-state index in [0.717, 1.165) is 16.0 Å².